The van der Waals surface area contributed by atoms with Crippen molar-refractivity contribution < 1.29 is 9.52 Å². The number of hydrogen-bond acceptors (Lipinski definition) is 5. The zero-order valence-electron chi connectivity index (χ0n) is 13.8. The van der Waals surface area contributed by atoms with Gasteiger partial charge in [-0.15, -0.1) is 11.3 Å². The van der Waals surface area contributed by atoms with Crippen molar-refractivity contribution in [2.45, 2.75) is 38.5 Å². The number of thiophene rings is 1. The van der Waals surface area contributed by atoms with Gasteiger partial charge in [0, 0.05) is 24.5 Å². The van der Waals surface area contributed by atoms with E-state index in [0.29, 0.717) is 6.54 Å². The Balaban J connectivity index is 1.69. The van der Waals surface area contributed by atoms with Crippen molar-refractivity contribution in [3.05, 3.63) is 46.5 Å². The Labute approximate surface area is 142 Å². The van der Waals surface area contributed by atoms with Crippen LogP contribution in [-0.2, 0) is 13.1 Å². The number of likely N-dealkylation sites (N-methyl/N-ethyl adjacent to an activating group) is 1. The highest BCUT2D eigenvalue weighted by Gasteiger charge is 2.34. The van der Waals surface area contributed by atoms with E-state index in [1.165, 1.54) is 4.88 Å². The summed E-state index contributed by atoms with van der Waals surface area (Å²) in [7, 11) is 0. The van der Waals surface area contributed by atoms with Crippen LogP contribution in [0, 0.1) is 0 Å². The molecule has 1 aliphatic heterocycles. The van der Waals surface area contributed by atoms with Crippen LogP contribution >= 0.6 is 11.3 Å². The molecule has 1 fully saturated rings. The van der Waals surface area contributed by atoms with Gasteiger partial charge in [-0.25, -0.2) is 0 Å². The first kappa shape index (κ1) is 16.7. The number of aliphatic hydroxyl groups is 1. The molecule has 126 valence electrons. The van der Waals surface area contributed by atoms with Gasteiger partial charge in [0.15, 0.2) is 0 Å². The maximum atomic E-state index is 11.1. The fourth-order valence-electron chi connectivity index (χ4n) is 3.43. The third kappa shape index (κ3) is 4.67. The second-order valence-corrected chi connectivity index (χ2v) is 7.53. The number of hydrogen-bond donors (Lipinski definition) is 1. The molecule has 3 heterocycles. The number of β-amino-alcohol motifs (C(OH)–C–C–N with tert-alkyl or cyclic N) is 1. The Hall–Kier alpha value is -1.14. The molecular formula is C18H26N2O2S. The van der Waals surface area contributed by atoms with Crippen LogP contribution in [-0.4, -0.2) is 46.7 Å². The van der Waals surface area contributed by atoms with Gasteiger partial charge in [0.05, 0.1) is 18.4 Å². The van der Waals surface area contributed by atoms with E-state index in [1.54, 1.807) is 17.6 Å². The zero-order chi connectivity index (χ0) is 16.1. The van der Waals surface area contributed by atoms with Gasteiger partial charge in [0.1, 0.15) is 5.76 Å². The lowest BCUT2D eigenvalue weighted by Crippen LogP contribution is -2.53. The summed E-state index contributed by atoms with van der Waals surface area (Å²) in [5.74, 6) is 0.952. The molecule has 1 saturated heterocycles. The Kier molecular flexibility index (Phi) is 5.54. The van der Waals surface area contributed by atoms with Crippen molar-refractivity contribution in [3.8, 4) is 0 Å². The summed E-state index contributed by atoms with van der Waals surface area (Å²) in [4.78, 5) is 5.98. The molecular weight excluding hydrogens is 308 g/mol. The minimum absolute atomic E-state index is 0.627. The van der Waals surface area contributed by atoms with Gasteiger partial charge in [0.2, 0.25) is 0 Å². The van der Waals surface area contributed by atoms with Crippen molar-refractivity contribution in [1.82, 2.24) is 9.80 Å². The molecule has 2 aromatic heterocycles. The van der Waals surface area contributed by atoms with Crippen molar-refractivity contribution in [1.29, 1.82) is 0 Å². The van der Waals surface area contributed by atoms with Gasteiger partial charge in [0.25, 0.3) is 0 Å². The maximum Gasteiger partial charge on any atom is 0.117 e. The molecule has 3 rings (SSSR count). The molecule has 4 nitrogen and oxygen atoms in total. The van der Waals surface area contributed by atoms with E-state index in [-0.39, 0.29) is 0 Å². The van der Waals surface area contributed by atoms with E-state index in [9.17, 15) is 5.11 Å². The summed E-state index contributed by atoms with van der Waals surface area (Å²) in [5, 5.41) is 13.2. The lowest BCUT2D eigenvalue weighted by molar-refractivity contribution is -0.0558. The van der Waals surface area contributed by atoms with Crippen LogP contribution in [0.15, 0.2) is 40.3 Å². The van der Waals surface area contributed by atoms with Crippen LogP contribution < -0.4 is 0 Å². The zero-order valence-corrected chi connectivity index (χ0v) is 14.6. The summed E-state index contributed by atoms with van der Waals surface area (Å²) in [5.41, 5.74) is -0.627. The van der Waals surface area contributed by atoms with E-state index < -0.39 is 5.60 Å². The number of furan rings is 1. The lowest BCUT2D eigenvalue weighted by atomic mass is 9.92. The lowest BCUT2D eigenvalue weighted by Gasteiger charge is -2.41. The largest absolute Gasteiger partial charge is 0.468 e. The summed E-state index contributed by atoms with van der Waals surface area (Å²) in [6.45, 7) is 7.31. The van der Waals surface area contributed by atoms with Gasteiger partial charge in [-0.1, -0.05) is 13.0 Å². The van der Waals surface area contributed by atoms with Crippen LogP contribution in [0.4, 0.5) is 0 Å². The first-order valence-electron chi connectivity index (χ1n) is 8.39. The molecule has 0 saturated carbocycles. The fourth-order valence-corrected chi connectivity index (χ4v) is 4.18. The quantitative estimate of drug-likeness (QED) is 0.844. The maximum absolute atomic E-state index is 11.1. The Morgan fingerprint density at radius 1 is 1.35 bits per heavy atom. The highest BCUT2D eigenvalue weighted by Crippen LogP contribution is 2.24. The molecule has 23 heavy (non-hydrogen) atoms. The SMILES string of the molecule is CCN1CCC[C@](O)(CN(Cc2ccco2)Cc2cccs2)C1. The van der Waals surface area contributed by atoms with E-state index in [4.69, 9.17) is 4.42 Å². The molecule has 0 radical (unpaired) electrons. The molecule has 0 unspecified atom stereocenters. The molecule has 1 aliphatic rings. The molecule has 0 aromatic carbocycles. The molecule has 0 amide bonds. The van der Waals surface area contributed by atoms with Gasteiger partial charge < -0.3 is 14.4 Å². The highest BCUT2D eigenvalue weighted by atomic mass is 32.1. The van der Waals surface area contributed by atoms with Crippen molar-refractivity contribution in [2.24, 2.45) is 0 Å². The van der Waals surface area contributed by atoms with Gasteiger partial charge >= 0.3 is 0 Å². The number of nitrogens with zero attached hydrogens (tertiary/aromatic N) is 2. The molecule has 1 N–H and O–H groups in total. The van der Waals surface area contributed by atoms with Crippen LogP contribution in [0.25, 0.3) is 0 Å². The minimum atomic E-state index is -0.627. The summed E-state index contributed by atoms with van der Waals surface area (Å²) < 4.78 is 5.52. The summed E-state index contributed by atoms with van der Waals surface area (Å²) >= 11 is 1.77. The van der Waals surface area contributed by atoms with E-state index in [0.717, 1.165) is 51.3 Å². The fraction of sp³-hybridized carbons (Fsp3) is 0.556. The van der Waals surface area contributed by atoms with Gasteiger partial charge in [-0.05, 0) is 49.5 Å². The summed E-state index contributed by atoms with van der Waals surface area (Å²) in [6, 6.07) is 8.17. The third-order valence-electron chi connectivity index (χ3n) is 4.52. The van der Waals surface area contributed by atoms with E-state index >= 15 is 0 Å². The monoisotopic (exact) mass is 334 g/mol. The van der Waals surface area contributed by atoms with Crippen molar-refractivity contribution in [2.75, 3.05) is 26.2 Å². The first-order chi connectivity index (χ1) is 11.2. The highest BCUT2D eigenvalue weighted by molar-refractivity contribution is 7.09. The third-order valence-corrected chi connectivity index (χ3v) is 5.38. The van der Waals surface area contributed by atoms with E-state index in [2.05, 4.69) is 34.2 Å². The predicted molar refractivity (Wildman–Crippen MR) is 93.4 cm³/mol. The Morgan fingerprint density at radius 2 is 2.26 bits per heavy atom. The Morgan fingerprint density at radius 3 is 2.96 bits per heavy atom. The predicted octanol–water partition coefficient (Wildman–Crippen LogP) is 3.19. The molecule has 0 spiro atoms. The van der Waals surface area contributed by atoms with Gasteiger partial charge in [-0.2, -0.15) is 0 Å². The second kappa shape index (κ2) is 7.62. The molecule has 0 aliphatic carbocycles. The topological polar surface area (TPSA) is 39.9 Å². The molecule has 2 aromatic rings. The van der Waals surface area contributed by atoms with Gasteiger partial charge in [-0.3, -0.25) is 4.90 Å². The molecule has 5 heteroatoms. The summed E-state index contributed by atoms with van der Waals surface area (Å²) in [6.07, 6.45) is 3.66. The Bertz CT molecular complexity index is 534. The van der Waals surface area contributed by atoms with Crippen LogP contribution in [0.5, 0.6) is 0 Å². The van der Waals surface area contributed by atoms with Crippen LogP contribution in [0.3, 0.4) is 0 Å². The van der Waals surface area contributed by atoms with Crippen LogP contribution in [0.1, 0.15) is 30.4 Å². The average Bonchev–Trinajstić information content (AvgIpc) is 3.20. The van der Waals surface area contributed by atoms with Crippen molar-refractivity contribution >= 4 is 11.3 Å². The number of rotatable bonds is 7. The standard InChI is InChI=1S/C18H26N2O2S/c1-2-19-9-5-8-18(21,14-19)15-20(12-16-6-3-10-22-16)13-17-7-4-11-23-17/h3-4,6-7,10-11,21H,2,5,8-9,12-15H2,1H3/t18-/m1/s1. The normalized spacial score (nSPS) is 22.7. The number of likely N-dealkylation sites (tertiary alicyclic amines) is 1. The average molecular weight is 334 g/mol. The molecule has 0 bridgehead atoms. The van der Waals surface area contributed by atoms with Crippen LogP contribution in [0.2, 0.25) is 0 Å². The molecule has 1 atom stereocenters. The van der Waals surface area contributed by atoms with E-state index in [1.807, 2.05) is 12.1 Å². The smallest absolute Gasteiger partial charge is 0.117 e. The first-order valence-corrected chi connectivity index (χ1v) is 9.27. The van der Waals surface area contributed by atoms with Crippen molar-refractivity contribution in [3.63, 3.8) is 0 Å². The second-order valence-electron chi connectivity index (χ2n) is 6.50. The number of piperidine rings is 1. The minimum Gasteiger partial charge on any atom is -0.468 e.